The van der Waals surface area contributed by atoms with Gasteiger partial charge in [-0.1, -0.05) is 75.4 Å². The molecule has 0 aromatic heterocycles. The molecule has 0 spiro atoms. The number of nitrogens with zero attached hydrogens (tertiary/aromatic N) is 1. The predicted molar refractivity (Wildman–Crippen MR) is 89.6 cm³/mol. The van der Waals surface area contributed by atoms with Gasteiger partial charge in [-0.25, -0.2) is 0 Å². The van der Waals surface area contributed by atoms with Crippen molar-refractivity contribution in [1.82, 2.24) is 4.90 Å². The van der Waals surface area contributed by atoms with Gasteiger partial charge in [-0.15, -0.1) is 0 Å². The molecule has 2 heteroatoms. The second-order valence-corrected chi connectivity index (χ2v) is 7.10. The van der Waals surface area contributed by atoms with Gasteiger partial charge in [-0.2, -0.15) is 0 Å². The van der Waals surface area contributed by atoms with E-state index in [4.69, 9.17) is 0 Å². The number of carbonyl (C=O) groups is 1. The maximum atomic E-state index is 12.7. The monoisotopic (exact) mass is 293 g/mol. The molecule has 1 heterocycles. The summed E-state index contributed by atoms with van der Waals surface area (Å²) in [5.74, 6) is 0.486. The fourth-order valence-corrected chi connectivity index (χ4v) is 3.21. The van der Waals surface area contributed by atoms with Crippen molar-refractivity contribution in [3.05, 3.63) is 71.3 Å². The highest BCUT2D eigenvalue weighted by Gasteiger charge is 2.33. The molecular weight excluding hydrogens is 270 g/mol. The number of benzene rings is 2. The molecule has 2 aromatic rings. The van der Waals surface area contributed by atoms with Crippen molar-refractivity contribution in [1.29, 1.82) is 0 Å². The standard InChI is InChI=1S/C20H23NO/c1-20(2,3)19(22)21-13-16-11-7-8-12-17(16)18(14-21)15-9-5-4-6-10-15/h4-12,18H,13-14H2,1-3H3/t18-/m0/s1. The Labute approximate surface area is 132 Å². The lowest BCUT2D eigenvalue weighted by molar-refractivity contribution is -0.140. The molecule has 0 saturated carbocycles. The van der Waals surface area contributed by atoms with Gasteiger partial charge in [0.15, 0.2) is 0 Å². The number of carbonyl (C=O) groups excluding carboxylic acids is 1. The lowest BCUT2D eigenvalue weighted by Crippen LogP contribution is -2.44. The van der Waals surface area contributed by atoms with Crippen LogP contribution in [0.4, 0.5) is 0 Å². The number of fused-ring (bicyclic) bond motifs is 1. The minimum Gasteiger partial charge on any atom is -0.337 e. The van der Waals surface area contributed by atoms with E-state index in [0.717, 1.165) is 13.1 Å². The third-order valence-electron chi connectivity index (χ3n) is 4.33. The van der Waals surface area contributed by atoms with E-state index in [1.165, 1.54) is 16.7 Å². The molecule has 0 unspecified atom stereocenters. The van der Waals surface area contributed by atoms with Crippen molar-refractivity contribution in [2.24, 2.45) is 5.41 Å². The van der Waals surface area contributed by atoms with Crippen LogP contribution in [0, 0.1) is 5.41 Å². The van der Waals surface area contributed by atoms with Gasteiger partial charge >= 0.3 is 0 Å². The van der Waals surface area contributed by atoms with Gasteiger partial charge in [0.1, 0.15) is 0 Å². The topological polar surface area (TPSA) is 20.3 Å². The van der Waals surface area contributed by atoms with E-state index in [1.54, 1.807) is 0 Å². The van der Waals surface area contributed by atoms with Crippen molar-refractivity contribution in [3.63, 3.8) is 0 Å². The van der Waals surface area contributed by atoms with Crippen molar-refractivity contribution < 1.29 is 4.79 Å². The molecule has 114 valence electrons. The average molecular weight is 293 g/mol. The molecule has 2 nitrogen and oxygen atoms in total. The Bertz CT molecular complexity index is 670. The Morgan fingerprint density at radius 3 is 2.32 bits per heavy atom. The lowest BCUT2D eigenvalue weighted by atomic mass is 9.83. The summed E-state index contributed by atoms with van der Waals surface area (Å²) >= 11 is 0. The van der Waals surface area contributed by atoms with Crippen LogP contribution in [0.1, 0.15) is 43.4 Å². The van der Waals surface area contributed by atoms with Crippen molar-refractivity contribution in [2.45, 2.75) is 33.2 Å². The molecule has 1 aliphatic rings. The van der Waals surface area contributed by atoms with Crippen LogP contribution in [0.25, 0.3) is 0 Å². The molecule has 22 heavy (non-hydrogen) atoms. The molecular formula is C20H23NO. The summed E-state index contributed by atoms with van der Waals surface area (Å²) in [7, 11) is 0. The van der Waals surface area contributed by atoms with Gasteiger partial charge < -0.3 is 4.90 Å². The Kier molecular flexibility index (Phi) is 3.78. The Hall–Kier alpha value is -2.09. The Morgan fingerprint density at radius 2 is 1.64 bits per heavy atom. The third-order valence-corrected chi connectivity index (χ3v) is 4.33. The molecule has 3 rings (SSSR count). The van der Waals surface area contributed by atoms with E-state index < -0.39 is 0 Å². The van der Waals surface area contributed by atoms with Crippen molar-refractivity contribution in [3.8, 4) is 0 Å². The largest absolute Gasteiger partial charge is 0.337 e. The number of hydrogen-bond donors (Lipinski definition) is 0. The van der Waals surface area contributed by atoms with Crippen LogP contribution >= 0.6 is 0 Å². The maximum absolute atomic E-state index is 12.7. The smallest absolute Gasteiger partial charge is 0.228 e. The first-order valence-electron chi connectivity index (χ1n) is 7.89. The van der Waals surface area contributed by atoms with E-state index in [2.05, 4.69) is 48.5 Å². The van der Waals surface area contributed by atoms with Crippen LogP contribution in [0.15, 0.2) is 54.6 Å². The molecule has 1 aliphatic heterocycles. The molecule has 0 bridgehead atoms. The van der Waals surface area contributed by atoms with Crippen LogP contribution < -0.4 is 0 Å². The second kappa shape index (κ2) is 5.60. The predicted octanol–water partition coefficient (Wildman–Crippen LogP) is 4.21. The van der Waals surface area contributed by atoms with Crippen molar-refractivity contribution in [2.75, 3.05) is 6.54 Å². The summed E-state index contributed by atoms with van der Waals surface area (Å²) in [5, 5.41) is 0. The van der Waals surface area contributed by atoms with Crippen LogP contribution in [0.2, 0.25) is 0 Å². The summed E-state index contributed by atoms with van der Waals surface area (Å²) in [5.41, 5.74) is 3.56. The Balaban J connectivity index is 2.01. The lowest BCUT2D eigenvalue weighted by Gasteiger charge is -2.38. The minimum atomic E-state index is -0.340. The van der Waals surface area contributed by atoms with Gasteiger partial charge in [0.25, 0.3) is 0 Å². The normalized spacial score (nSPS) is 18.0. The highest BCUT2D eigenvalue weighted by atomic mass is 16.2. The minimum absolute atomic E-state index is 0.225. The van der Waals surface area contributed by atoms with E-state index in [1.807, 2.05) is 31.7 Å². The molecule has 0 aliphatic carbocycles. The molecule has 0 fully saturated rings. The zero-order chi connectivity index (χ0) is 15.7. The van der Waals surface area contributed by atoms with E-state index in [0.29, 0.717) is 0 Å². The molecule has 0 radical (unpaired) electrons. The number of hydrogen-bond acceptors (Lipinski definition) is 1. The SMILES string of the molecule is CC(C)(C)C(=O)N1Cc2ccccc2[C@H](c2ccccc2)C1. The highest BCUT2D eigenvalue weighted by molar-refractivity contribution is 5.82. The Morgan fingerprint density at radius 1 is 1.00 bits per heavy atom. The quantitative estimate of drug-likeness (QED) is 0.771. The van der Waals surface area contributed by atoms with Crippen LogP contribution in [-0.2, 0) is 11.3 Å². The van der Waals surface area contributed by atoms with Gasteiger partial charge in [0, 0.05) is 24.4 Å². The second-order valence-electron chi connectivity index (χ2n) is 7.10. The molecule has 0 N–H and O–H groups in total. The summed E-state index contributed by atoms with van der Waals surface area (Å²) in [6.45, 7) is 7.46. The molecule has 0 saturated heterocycles. The summed E-state index contributed by atoms with van der Waals surface area (Å²) in [6, 6.07) is 19.0. The third kappa shape index (κ3) is 2.78. The molecule has 1 atom stereocenters. The molecule has 2 aromatic carbocycles. The highest BCUT2D eigenvalue weighted by Crippen LogP contribution is 2.35. The molecule has 1 amide bonds. The van der Waals surface area contributed by atoms with E-state index >= 15 is 0 Å². The first-order chi connectivity index (χ1) is 10.5. The van der Waals surface area contributed by atoms with E-state index in [-0.39, 0.29) is 17.2 Å². The number of amides is 1. The summed E-state index contributed by atoms with van der Waals surface area (Å²) in [6.07, 6.45) is 0. The summed E-state index contributed by atoms with van der Waals surface area (Å²) < 4.78 is 0. The first-order valence-corrected chi connectivity index (χ1v) is 7.89. The fraction of sp³-hybridized carbons (Fsp3) is 0.350. The van der Waals surface area contributed by atoms with Crippen LogP contribution in [-0.4, -0.2) is 17.4 Å². The van der Waals surface area contributed by atoms with Gasteiger partial charge in [0.05, 0.1) is 0 Å². The van der Waals surface area contributed by atoms with Crippen LogP contribution in [0.3, 0.4) is 0 Å². The zero-order valence-electron chi connectivity index (χ0n) is 13.5. The maximum Gasteiger partial charge on any atom is 0.228 e. The van der Waals surface area contributed by atoms with Gasteiger partial charge in [0.2, 0.25) is 5.91 Å². The van der Waals surface area contributed by atoms with E-state index in [9.17, 15) is 4.79 Å². The summed E-state index contributed by atoms with van der Waals surface area (Å²) in [4.78, 5) is 14.7. The van der Waals surface area contributed by atoms with Crippen LogP contribution in [0.5, 0.6) is 0 Å². The average Bonchev–Trinajstić information content (AvgIpc) is 2.53. The number of rotatable bonds is 1. The fourth-order valence-electron chi connectivity index (χ4n) is 3.21. The zero-order valence-corrected chi connectivity index (χ0v) is 13.5. The van der Waals surface area contributed by atoms with Gasteiger partial charge in [-0.05, 0) is 16.7 Å². The first kappa shape index (κ1) is 14.8. The van der Waals surface area contributed by atoms with Gasteiger partial charge in [-0.3, -0.25) is 4.79 Å². The van der Waals surface area contributed by atoms with Crippen molar-refractivity contribution >= 4 is 5.91 Å².